The maximum absolute atomic E-state index is 9.58. The van der Waals surface area contributed by atoms with Gasteiger partial charge in [-0.05, 0) is 45.8 Å². The van der Waals surface area contributed by atoms with Crippen molar-refractivity contribution in [3.05, 3.63) is 60.2 Å². The first-order valence-corrected chi connectivity index (χ1v) is 10.7. The minimum absolute atomic E-state index is 0.345. The van der Waals surface area contributed by atoms with E-state index in [0.29, 0.717) is 28.6 Å². The topological polar surface area (TPSA) is 106 Å². The van der Waals surface area contributed by atoms with Gasteiger partial charge in [-0.3, -0.25) is 14.6 Å². The summed E-state index contributed by atoms with van der Waals surface area (Å²) in [4.78, 5) is 8.47. The molecule has 1 aliphatic heterocycles. The zero-order valence-electron chi connectivity index (χ0n) is 18.1. The molecule has 4 aromatic heterocycles. The number of nitrogens with one attached hydrogen (secondary N) is 1. The number of hydrogen-bond donors (Lipinski definition) is 1. The molecule has 1 N–H and O–H groups in total. The molecule has 1 fully saturated rings. The minimum atomic E-state index is -0.345. The first kappa shape index (κ1) is 20.2. The van der Waals surface area contributed by atoms with Gasteiger partial charge in [0.05, 0.1) is 30.3 Å². The van der Waals surface area contributed by atoms with Crippen LogP contribution in [-0.4, -0.2) is 42.5 Å². The Morgan fingerprint density at radius 3 is 2.78 bits per heavy atom. The molecule has 0 unspecified atom stereocenters. The van der Waals surface area contributed by atoms with E-state index in [0.717, 1.165) is 42.8 Å². The maximum atomic E-state index is 9.58. The zero-order valence-corrected chi connectivity index (χ0v) is 18.1. The number of piperidine rings is 1. The van der Waals surface area contributed by atoms with Crippen molar-refractivity contribution in [2.45, 2.75) is 38.8 Å². The molecule has 0 spiro atoms. The number of ether oxygens (including phenoxy) is 1. The Bertz CT molecular complexity index is 1280. The molecule has 5 heterocycles. The number of nitriles is 1. The van der Waals surface area contributed by atoms with Gasteiger partial charge in [0, 0.05) is 35.4 Å². The van der Waals surface area contributed by atoms with Gasteiger partial charge in [0.1, 0.15) is 29.0 Å². The summed E-state index contributed by atoms with van der Waals surface area (Å²) in [5.41, 5.74) is 4.87. The van der Waals surface area contributed by atoms with E-state index >= 15 is 0 Å². The van der Waals surface area contributed by atoms with E-state index in [1.54, 1.807) is 29.3 Å². The molecule has 0 radical (unpaired) electrons. The Labute approximate surface area is 185 Å². The van der Waals surface area contributed by atoms with Crippen LogP contribution in [0.4, 0.5) is 0 Å². The number of nitrogens with zero attached hydrogens (tertiary/aromatic N) is 7. The number of pyridine rings is 1. The smallest absolute Gasteiger partial charge is 0.148 e. The van der Waals surface area contributed by atoms with Crippen LogP contribution in [0.25, 0.3) is 16.6 Å². The lowest BCUT2D eigenvalue weighted by Crippen LogP contribution is -2.30. The standard InChI is InChI=1S/C23H24N8O/c1-15-20(12-29-31(15)19-3-5-25-6-4-19)17-9-22(23-18(10-24)11-28-30(23)14-17)32-16(2)21-13-26-7-8-27-21/h7-9,11-14,16,19,25H,3-6H2,1-2H3/t16-/m1/s1. The quantitative estimate of drug-likeness (QED) is 0.520. The number of aromatic nitrogens is 6. The van der Waals surface area contributed by atoms with Gasteiger partial charge in [0.15, 0.2) is 0 Å². The van der Waals surface area contributed by atoms with Gasteiger partial charge >= 0.3 is 0 Å². The molecular formula is C23H24N8O. The van der Waals surface area contributed by atoms with E-state index in [4.69, 9.17) is 9.84 Å². The van der Waals surface area contributed by atoms with Gasteiger partial charge in [-0.2, -0.15) is 15.5 Å². The first-order valence-electron chi connectivity index (χ1n) is 10.7. The Morgan fingerprint density at radius 1 is 1.19 bits per heavy atom. The molecule has 4 aromatic rings. The van der Waals surface area contributed by atoms with Crippen LogP contribution >= 0.6 is 0 Å². The zero-order chi connectivity index (χ0) is 22.1. The molecule has 32 heavy (non-hydrogen) atoms. The first-order chi connectivity index (χ1) is 15.7. The summed E-state index contributed by atoms with van der Waals surface area (Å²) in [6.45, 7) is 6.03. The molecule has 5 rings (SSSR count). The second-order valence-electron chi connectivity index (χ2n) is 8.02. The highest BCUT2D eigenvalue weighted by Gasteiger charge is 2.22. The van der Waals surface area contributed by atoms with Crippen molar-refractivity contribution in [3.8, 4) is 22.9 Å². The summed E-state index contributed by atoms with van der Waals surface area (Å²) < 4.78 is 10.1. The summed E-state index contributed by atoms with van der Waals surface area (Å²) in [5.74, 6) is 0.573. The molecule has 0 bridgehead atoms. The third kappa shape index (κ3) is 3.59. The summed E-state index contributed by atoms with van der Waals surface area (Å²) >= 11 is 0. The molecule has 1 atom stereocenters. The van der Waals surface area contributed by atoms with Crippen LogP contribution in [0.15, 0.2) is 43.2 Å². The van der Waals surface area contributed by atoms with Crippen LogP contribution in [0, 0.1) is 18.3 Å². The van der Waals surface area contributed by atoms with Gasteiger partial charge in [0.2, 0.25) is 0 Å². The van der Waals surface area contributed by atoms with Gasteiger partial charge in [-0.25, -0.2) is 4.52 Å². The minimum Gasteiger partial charge on any atom is -0.482 e. The van der Waals surface area contributed by atoms with Crippen molar-refractivity contribution < 1.29 is 4.74 Å². The van der Waals surface area contributed by atoms with Crippen molar-refractivity contribution in [1.29, 1.82) is 5.26 Å². The van der Waals surface area contributed by atoms with Crippen molar-refractivity contribution in [3.63, 3.8) is 0 Å². The second-order valence-corrected chi connectivity index (χ2v) is 8.02. The van der Waals surface area contributed by atoms with Crippen LogP contribution in [0.1, 0.15) is 48.9 Å². The number of rotatable bonds is 5. The van der Waals surface area contributed by atoms with E-state index in [1.165, 1.54) is 0 Å². The van der Waals surface area contributed by atoms with Gasteiger partial charge in [0.25, 0.3) is 0 Å². The highest BCUT2D eigenvalue weighted by atomic mass is 16.5. The highest BCUT2D eigenvalue weighted by Crippen LogP contribution is 2.34. The predicted octanol–water partition coefficient (Wildman–Crippen LogP) is 3.23. The third-order valence-electron chi connectivity index (χ3n) is 6.01. The number of fused-ring (bicyclic) bond motifs is 1. The molecule has 9 heteroatoms. The highest BCUT2D eigenvalue weighted by molar-refractivity contribution is 5.76. The summed E-state index contributed by atoms with van der Waals surface area (Å²) in [6.07, 6.45) is 12.1. The molecule has 1 saturated heterocycles. The summed E-state index contributed by atoms with van der Waals surface area (Å²) in [7, 11) is 0. The second kappa shape index (κ2) is 8.40. The Hall–Kier alpha value is -3.77. The summed E-state index contributed by atoms with van der Waals surface area (Å²) in [5, 5.41) is 22.1. The summed E-state index contributed by atoms with van der Waals surface area (Å²) in [6, 6.07) is 4.57. The fourth-order valence-electron chi connectivity index (χ4n) is 4.30. The lowest BCUT2D eigenvalue weighted by atomic mass is 10.1. The average Bonchev–Trinajstić information content (AvgIpc) is 3.43. The molecule has 0 amide bonds. The molecule has 0 aliphatic carbocycles. The maximum Gasteiger partial charge on any atom is 0.148 e. The normalized spacial score (nSPS) is 15.5. The van der Waals surface area contributed by atoms with Crippen molar-refractivity contribution in [2.24, 2.45) is 0 Å². The van der Waals surface area contributed by atoms with Crippen molar-refractivity contribution in [1.82, 2.24) is 34.7 Å². The molecular weight excluding hydrogens is 404 g/mol. The fourth-order valence-corrected chi connectivity index (χ4v) is 4.30. The number of hydrogen-bond acceptors (Lipinski definition) is 7. The van der Waals surface area contributed by atoms with Gasteiger partial charge in [-0.1, -0.05) is 0 Å². The Morgan fingerprint density at radius 2 is 2.03 bits per heavy atom. The molecule has 162 valence electrons. The Kier molecular flexibility index (Phi) is 5.29. The van der Waals surface area contributed by atoms with Crippen LogP contribution in [-0.2, 0) is 0 Å². The van der Waals surface area contributed by atoms with E-state index in [9.17, 15) is 5.26 Å². The van der Waals surface area contributed by atoms with Gasteiger partial charge < -0.3 is 10.1 Å². The lowest BCUT2D eigenvalue weighted by Gasteiger charge is -2.24. The predicted molar refractivity (Wildman–Crippen MR) is 118 cm³/mol. The van der Waals surface area contributed by atoms with Crippen LogP contribution in [0.5, 0.6) is 5.75 Å². The van der Waals surface area contributed by atoms with Gasteiger partial charge in [-0.15, -0.1) is 0 Å². The third-order valence-corrected chi connectivity index (χ3v) is 6.01. The van der Waals surface area contributed by atoms with E-state index in [2.05, 4.69) is 38.1 Å². The average molecular weight is 429 g/mol. The lowest BCUT2D eigenvalue weighted by molar-refractivity contribution is 0.223. The van der Waals surface area contributed by atoms with Crippen molar-refractivity contribution >= 4 is 5.52 Å². The largest absolute Gasteiger partial charge is 0.482 e. The van der Waals surface area contributed by atoms with Crippen LogP contribution in [0.2, 0.25) is 0 Å². The fraction of sp³-hybridized carbons (Fsp3) is 0.348. The van der Waals surface area contributed by atoms with Crippen LogP contribution < -0.4 is 10.1 Å². The van der Waals surface area contributed by atoms with Crippen LogP contribution in [0.3, 0.4) is 0 Å². The van der Waals surface area contributed by atoms with E-state index < -0.39 is 0 Å². The SMILES string of the molecule is Cc1c(-c2cc(O[C@H](C)c3cnccn3)c3c(C#N)cnn3c2)cnn1C1CCNCC1. The van der Waals surface area contributed by atoms with E-state index in [1.807, 2.05) is 25.4 Å². The van der Waals surface area contributed by atoms with Crippen molar-refractivity contribution in [2.75, 3.05) is 13.1 Å². The monoisotopic (exact) mass is 428 g/mol. The molecule has 1 aliphatic rings. The molecule has 0 saturated carbocycles. The molecule has 0 aromatic carbocycles. The van der Waals surface area contributed by atoms with E-state index in [-0.39, 0.29) is 6.10 Å². The molecule has 9 nitrogen and oxygen atoms in total. The Balaban J connectivity index is 1.57.